The van der Waals surface area contributed by atoms with Crippen molar-refractivity contribution in [3.63, 3.8) is 0 Å². The van der Waals surface area contributed by atoms with E-state index in [4.69, 9.17) is 0 Å². The summed E-state index contributed by atoms with van der Waals surface area (Å²) in [6.07, 6.45) is 0. The van der Waals surface area contributed by atoms with E-state index in [1.807, 2.05) is 48.5 Å². The largest absolute Gasteiger partial charge is 0.389 e. The lowest BCUT2D eigenvalue weighted by atomic mass is 9.94. The molecular formula is C24H29N3O2. The molecule has 5 nitrogen and oxygen atoms in total. The van der Waals surface area contributed by atoms with Crippen LogP contribution >= 0.6 is 0 Å². The van der Waals surface area contributed by atoms with Crippen LogP contribution in [0.15, 0.2) is 65.5 Å². The Balaban J connectivity index is 2.09. The molecule has 152 valence electrons. The molecule has 0 atom stereocenters. The lowest BCUT2D eigenvalue weighted by Crippen LogP contribution is -2.34. The predicted octanol–water partition coefficient (Wildman–Crippen LogP) is 4.42. The second kappa shape index (κ2) is 8.62. The molecule has 0 saturated carbocycles. The maximum absolute atomic E-state index is 12.7. The SMILES string of the molecule is CC(C)c1ccccc1-c1nn(CC(C)(C)O)c(=O)cc1NCc1ccccc1. The fourth-order valence-electron chi connectivity index (χ4n) is 3.31. The molecule has 1 heterocycles. The van der Waals surface area contributed by atoms with Crippen molar-refractivity contribution >= 4 is 5.69 Å². The van der Waals surface area contributed by atoms with Gasteiger partial charge >= 0.3 is 0 Å². The smallest absolute Gasteiger partial charge is 0.268 e. The highest BCUT2D eigenvalue weighted by molar-refractivity contribution is 5.76. The number of hydrogen-bond acceptors (Lipinski definition) is 4. The van der Waals surface area contributed by atoms with Crippen molar-refractivity contribution in [2.24, 2.45) is 0 Å². The second-order valence-corrected chi connectivity index (χ2v) is 8.30. The average molecular weight is 392 g/mol. The Kier molecular flexibility index (Phi) is 6.18. The van der Waals surface area contributed by atoms with E-state index in [1.165, 1.54) is 4.68 Å². The Morgan fingerprint density at radius 1 is 1.07 bits per heavy atom. The van der Waals surface area contributed by atoms with Crippen LogP contribution in [0.4, 0.5) is 5.69 Å². The maximum Gasteiger partial charge on any atom is 0.268 e. The van der Waals surface area contributed by atoms with Gasteiger partial charge in [0, 0.05) is 18.2 Å². The molecule has 2 N–H and O–H groups in total. The van der Waals surface area contributed by atoms with E-state index in [9.17, 15) is 9.90 Å². The molecule has 0 amide bonds. The van der Waals surface area contributed by atoms with Crippen molar-refractivity contribution in [3.05, 3.63) is 82.1 Å². The van der Waals surface area contributed by atoms with Crippen LogP contribution in [0.2, 0.25) is 0 Å². The summed E-state index contributed by atoms with van der Waals surface area (Å²) < 4.78 is 1.35. The standard InChI is InChI=1S/C24H29N3O2/c1-17(2)19-12-8-9-13-20(19)23-21(25-15-18-10-6-5-7-11-18)14-22(28)27(26-23)16-24(3,4)29/h5-14,17,25,29H,15-16H2,1-4H3. The third-order valence-electron chi connectivity index (χ3n) is 4.70. The minimum absolute atomic E-state index is 0.127. The zero-order valence-corrected chi connectivity index (χ0v) is 17.5. The van der Waals surface area contributed by atoms with Gasteiger partial charge in [0.15, 0.2) is 0 Å². The fourth-order valence-corrected chi connectivity index (χ4v) is 3.31. The number of hydrogen-bond donors (Lipinski definition) is 2. The van der Waals surface area contributed by atoms with E-state index in [1.54, 1.807) is 19.9 Å². The van der Waals surface area contributed by atoms with Crippen molar-refractivity contribution in [2.75, 3.05) is 5.32 Å². The second-order valence-electron chi connectivity index (χ2n) is 8.30. The van der Waals surface area contributed by atoms with Crippen molar-refractivity contribution in [1.29, 1.82) is 0 Å². The first-order valence-corrected chi connectivity index (χ1v) is 9.96. The summed E-state index contributed by atoms with van der Waals surface area (Å²) in [6, 6.07) is 19.7. The molecule has 0 radical (unpaired) electrons. The van der Waals surface area contributed by atoms with Gasteiger partial charge in [-0.25, -0.2) is 4.68 Å². The normalized spacial score (nSPS) is 11.7. The van der Waals surface area contributed by atoms with Gasteiger partial charge in [0.1, 0.15) is 5.69 Å². The van der Waals surface area contributed by atoms with E-state index >= 15 is 0 Å². The van der Waals surface area contributed by atoms with Gasteiger partial charge in [-0.05, 0) is 30.9 Å². The topological polar surface area (TPSA) is 67.1 Å². The van der Waals surface area contributed by atoms with Crippen LogP contribution in [0.1, 0.15) is 44.7 Å². The molecule has 0 bridgehead atoms. The Morgan fingerprint density at radius 3 is 2.38 bits per heavy atom. The van der Waals surface area contributed by atoms with Crippen LogP contribution in [0.25, 0.3) is 11.3 Å². The van der Waals surface area contributed by atoms with Crippen LogP contribution in [-0.4, -0.2) is 20.5 Å². The van der Waals surface area contributed by atoms with E-state index < -0.39 is 5.60 Å². The van der Waals surface area contributed by atoms with Gasteiger partial charge in [0.05, 0.1) is 17.8 Å². The van der Waals surface area contributed by atoms with Crippen molar-refractivity contribution in [3.8, 4) is 11.3 Å². The summed E-state index contributed by atoms with van der Waals surface area (Å²) in [6.45, 7) is 8.34. The van der Waals surface area contributed by atoms with Crippen LogP contribution < -0.4 is 10.9 Å². The molecule has 5 heteroatoms. The number of rotatable bonds is 7. The highest BCUT2D eigenvalue weighted by atomic mass is 16.3. The summed E-state index contributed by atoms with van der Waals surface area (Å²) in [4.78, 5) is 12.7. The molecule has 1 aromatic heterocycles. The molecule has 3 aromatic rings. The fraction of sp³-hybridized carbons (Fsp3) is 0.333. The van der Waals surface area contributed by atoms with Gasteiger partial charge in [-0.15, -0.1) is 0 Å². The molecule has 0 aliphatic heterocycles. The van der Waals surface area contributed by atoms with Crippen molar-refractivity contribution in [2.45, 2.75) is 52.3 Å². The minimum atomic E-state index is -1.04. The third-order valence-corrected chi connectivity index (χ3v) is 4.70. The van der Waals surface area contributed by atoms with E-state index in [0.717, 1.165) is 16.7 Å². The number of anilines is 1. The average Bonchev–Trinajstić information content (AvgIpc) is 2.68. The highest BCUT2D eigenvalue weighted by Crippen LogP contribution is 2.32. The maximum atomic E-state index is 12.7. The Morgan fingerprint density at radius 2 is 1.72 bits per heavy atom. The number of aliphatic hydroxyl groups is 1. The van der Waals surface area contributed by atoms with Crippen molar-refractivity contribution in [1.82, 2.24) is 9.78 Å². The van der Waals surface area contributed by atoms with E-state index in [-0.39, 0.29) is 12.1 Å². The number of nitrogens with zero attached hydrogens (tertiary/aromatic N) is 2. The Bertz CT molecular complexity index is 1020. The molecule has 2 aromatic carbocycles. The summed E-state index contributed by atoms with van der Waals surface area (Å²) in [7, 11) is 0. The van der Waals surface area contributed by atoms with Gasteiger partial charge in [0.2, 0.25) is 0 Å². The lowest BCUT2D eigenvalue weighted by Gasteiger charge is -2.21. The first-order valence-electron chi connectivity index (χ1n) is 9.96. The van der Waals surface area contributed by atoms with Crippen LogP contribution in [-0.2, 0) is 13.1 Å². The quantitative estimate of drug-likeness (QED) is 0.626. The van der Waals surface area contributed by atoms with Gasteiger partial charge in [-0.3, -0.25) is 4.79 Å². The lowest BCUT2D eigenvalue weighted by molar-refractivity contribution is 0.0562. The molecule has 0 aliphatic rings. The van der Waals surface area contributed by atoms with Crippen LogP contribution in [0.3, 0.4) is 0 Å². The van der Waals surface area contributed by atoms with Gasteiger partial charge in [-0.1, -0.05) is 68.4 Å². The number of benzene rings is 2. The van der Waals surface area contributed by atoms with Crippen molar-refractivity contribution < 1.29 is 5.11 Å². The van der Waals surface area contributed by atoms with Gasteiger partial charge < -0.3 is 10.4 Å². The first-order chi connectivity index (χ1) is 13.7. The summed E-state index contributed by atoms with van der Waals surface area (Å²) in [5.41, 5.74) is 3.40. The zero-order chi connectivity index (χ0) is 21.0. The molecule has 29 heavy (non-hydrogen) atoms. The summed E-state index contributed by atoms with van der Waals surface area (Å²) >= 11 is 0. The number of aromatic nitrogens is 2. The summed E-state index contributed by atoms with van der Waals surface area (Å²) in [5.74, 6) is 0.310. The molecule has 0 saturated heterocycles. The Hall–Kier alpha value is -2.92. The zero-order valence-electron chi connectivity index (χ0n) is 17.5. The monoisotopic (exact) mass is 391 g/mol. The molecule has 0 spiro atoms. The van der Waals surface area contributed by atoms with E-state index in [0.29, 0.717) is 23.8 Å². The predicted molar refractivity (Wildman–Crippen MR) is 118 cm³/mol. The summed E-state index contributed by atoms with van der Waals surface area (Å²) in [5, 5.41) is 18.3. The molecule has 3 rings (SSSR count). The third kappa shape index (κ3) is 5.33. The Labute approximate surface area is 172 Å². The molecular weight excluding hydrogens is 362 g/mol. The molecule has 0 unspecified atom stereocenters. The number of nitrogens with one attached hydrogen (secondary N) is 1. The van der Waals surface area contributed by atoms with Crippen LogP contribution in [0.5, 0.6) is 0 Å². The van der Waals surface area contributed by atoms with Crippen LogP contribution in [0, 0.1) is 0 Å². The molecule has 0 aliphatic carbocycles. The highest BCUT2D eigenvalue weighted by Gasteiger charge is 2.19. The van der Waals surface area contributed by atoms with Gasteiger partial charge in [0.25, 0.3) is 5.56 Å². The molecule has 0 fully saturated rings. The minimum Gasteiger partial charge on any atom is -0.389 e. The van der Waals surface area contributed by atoms with E-state index in [2.05, 4.69) is 30.3 Å². The first kappa shape index (κ1) is 20.8. The van der Waals surface area contributed by atoms with Gasteiger partial charge in [-0.2, -0.15) is 5.10 Å².